The Morgan fingerprint density at radius 2 is 2.38 bits per heavy atom. The summed E-state index contributed by atoms with van der Waals surface area (Å²) in [6.07, 6.45) is 1.58. The fourth-order valence-corrected chi connectivity index (χ4v) is 1.47. The molecule has 0 N–H and O–H groups in total. The monoisotopic (exact) mass is 281 g/mol. The first-order valence-electron chi connectivity index (χ1n) is 4.81. The Morgan fingerprint density at radius 3 is 2.88 bits per heavy atom. The van der Waals surface area contributed by atoms with Gasteiger partial charge in [0.15, 0.2) is 0 Å². The fourth-order valence-electron chi connectivity index (χ4n) is 1.23. The molecule has 1 unspecified atom stereocenters. The molecule has 0 radical (unpaired) electrons. The Bertz CT molecular complexity index is 410. The third-order valence-corrected chi connectivity index (χ3v) is 2.53. The summed E-state index contributed by atoms with van der Waals surface area (Å²) in [4.78, 5) is 17.4. The highest BCUT2D eigenvalue weighted by Crippen LogP contribution is 2.09. The van der Waals surface area contributed by atoms with Crippen molar-refractivity contribution in [2.75, 3.05) is 13.6 Å². The molecule has 0 aliphatic rings. The minimum absolute atomic E-state index is 0.172. The van der Waals surface area contributed by atoms with Crippen LogP contribution in [0.3, 0.4) is 0 Å². The lowest BCUT2D eigenvalue weighted by atomic mass is 10.2. The van der Waals surface area contributed by atoms with Gasteiger partial charge in [-0.1, -0.05) is 0 Å². The second-order valence-corrected chi connectivity index (χ2v) is 4.49. The van der Waals surface area contributed by atoms with E-state index in [2.05, 4.69) is 27.0 Å². The largest absolute Gasteiger partial charge is 0.339 e. The number of nitriles is 1. The average molecular weight is 282 g/mol. The number of carbonyl (C=O) groups excluding carboxylic acids is 1. The van der Waals surface area contributed by atoms with Gasteiger partial charge in [-0.3, -0.25) is 4.79 Å². The Balaban J connectivity index is 2.71. The van der Waals surface area contributed by atoms with E-state index in [9.17, 15) is 4.79 Å². The Morgan fingerprint density at radius 1 is 1.69 bits per heavy atom. The van der Waals surface area contributed by atoms with Gasteiger partial charge >= 0.3 is 0 Å². The second kappa shape index (κ2) is 5.61. The van der Waals surface area contributed by atoms with Crippen LogP contribution in [-0.2, 0) is 0 Å². The minimum atomic E-state index is -0.176. The van der Waals surface area contributed by atoms with Crippen LogP contribution in [0.25, 0.3) is 0 Å². The lowest BCUT2D eigenvalue weighted by Gasteiger charge is -2.17. The van der Waals surface area contributed by atoms with Crippen LogP contribution >= 0.6 is 15.9 Å². The minimum Gasteiger partial charge on any atom is -0.339 e. The number of carbonyl (C=O) groups is 1. The van der Waals surface area contributed by atoms with Crippen LogP contribution < -0.4 is 0 Å². The summed E-state index contributed by atoms with van der Waals surface area (Å²) in [5.74, 6) is -0.348. The van der Waals surface area contributed by atoms with E-state index in [0.29, 0.717) is 12.2 Å². The van der Waals surface area contributed by atoms with Gasteiger partial charge < -0.3 is 4.90 Å². The molecule has 0 fully saturated rings. The predicted molar refractivity (Wildman–Crippen MR) is 63.7 cm³/mol. The number of pyridine rings is 1. The number of halogens is 1. The van der Waals surface area contributed by atoms with Crippen molar-refractivity contribution in [3.05, 3.63) is 28.5 Å². The number of nitrogens with zero attached hydrogens (tertiary/aromatic N) is 3. The van der Waals surface area contributed by atoms with Gasteiger partial charge in [-0.05, 0) is 35.0 Å². The van der Waals surface area contributed by atoms with Crippen LogP contribution in [-0.4, -0.2) is 29.4 Å². The molecular formula is C11H12BrN3O. The molecule has 16 heavy (non-hydrogen) atoms. The highest BCUT2D eigenvalue weighted by Gasteiger charge is 2.14. The first-order chi connectivity index (χ1) is 7.54. The smallest absolute Gasteiger partial charge is 0.272 e. The maximum atomic E-state index is 11.8. The van der Waals surface area contributed by atoms with Gasteiger partial charge in [0, 0.05) is 24.3 Å². The van der Waals surface area contributed by atoms with E-state index in [4.69, 9.17) is 5.26 Å². The van der Waals surface area contributed by atoms with E-state index in [1.807, 2.05) is 0 Å². The molecule has 1 atom stereocenters. The summed E-state index contributed by atoms with van der Waals surface area (Å²) < 4.78 is 0.831. The zero-order chi connectivity index (χ0) is 12.1. The Kier molecular flexibility index (Phi) is 4.44. The van der Waals surface area contributed by atoms with Crippen molar-refractivity contribution < 1.29 is 4.79 Å². The molecular weight excluding hydrogens is 270 g/mol. The number of rotatable bonds is 3. The van der Waals surface area contributed by atoms with Crippen LogP contribution in [0, 0.1) is 17.2 Å². The van der Waals surface area contributed by atoms with E-state index in [1.165, 1.54) is 4.90 Å². The van der Waals surface area contributed by atoms with Gasteiger partial charge in [0.2, 0.25) is 0 Å². The first kappa shape index (κ1) is 12.7. The van der Waals surface area contributed by atoms with Crippen molar-refractivity contribution in [1.29, 1.82) is 5.26 Å². The standard InChI is InChI=1S/C11H12BrN3O/c1-8(5-13)7-15(2)11(16)10-4-3-9(12)6-14-10/h3-4,6,8H,7H2,1-2H3. The summed E-state index contributed by atoms with van der Waals surface area (Å²) in [5, 5.41) is 8.66. The molecule has 1 aromatic heterocycles. The van der Waals surface area contributed by atoms with E-state index in [1.54, 1.807) is 32.3 Å². The van der Waals surface area contributed by atoms with Crippen molar-refractivity contribution in [3.8, 4) is 6.07 Å². The molecule has 0 aliphatic carbocycles. The van der Waals surface area contributed by atoms with Crippen LogP contribution in [0.15, 0.2) is 22.8 Å². The quantitative estimate of drug-likeness (QED) is 0.852. The highest BCUT2D eigenvalue weighted by molar-refractivity contribution is 9.10. The molecule has 0 aliphatic heterocycles. The van der Waals surface area contributed by atoms with Crippen molar-refractivity contribution >= 4 is 21.8 Å². The van der Waals surface area contributed by atoms with Gasteiger partial charge in [0.05, 0.1) is 12.0 Å². The number of hydrogen-bond acceptors (Lipinski definition) is 3. The number of amides is 1. The summed E-state index contributed by atoms with van der Waals surface area (Å²) in [5.41, 5.74) is 0.385. The van der Waals surface area contributed by atoms with Crippen LogP contribution in [0.5, 0.6) is 0 Å². The zero-order valence-corrected chi connectivity index (χ0v) is 10.7. The van der Waals surface area contributed by atoms with Crippen molar-refractivity contribution in [1.82, 2.24) is 9.88 Å². The topological polar surface area (TPSA) is 57.0 Å². The second-order valence-electron chi connectivity index (χ2n) is 3.58. The van der Waals surface area contributed by atoms with Crippen LogP contribution in [0.2, 0.25) is 0 Å². The zero-order valence-electron chi connectivity index (χ0n) is 9.14. The maximum Gasteiger partial charge on any atom is 0.272 e. The van der Waals surface area contributed by atoms with E-state index < -0.39 is 0 Å². The molecule has 1 rings (SSSR count). The van der Waals surface area contributed by atoms with E-state index in [-0.39, 0.29) is 11.8 Å². The summed E-state index contributed by atoms with van der Waals surface area (Å²) >= 11 is 3.25. The molecule has 1 heterocycles. The predicted octanol–water partition coefficient (Wildman–Crippen LogP) is 2.08. The Labute approximate surface area is 103 Å². The molecule has 84 valence electrons. The van der Waals surface area contributed by atoms with Gasteiger partial charge in [-0.25, -0.2) is 4.98 Å². The maximum absolute atomic E-state index is 11.8. The third kappa shape index (κ3) is 3.31. The Hall–Kier alpha value is -1.41. The lowest BCUT2D eigenvalue weighted by molar-refractivity contribution is 0.0779. The first-order valence-corrected chi connectivity index (χ1v) is 5.60. The number of hydrogen-bond donors (Lipinski definition) is 0. The van der Waals surface area contributed by atoms with Gasteiger partial charge in [-0.2, -0.15) is 5.26 Å². The van der Waals surface area contributed by atoms with Crippen molar-refractivity contribution in [2.45, 2.75) is 6.92 Å². The molecule has 1 aromatic rings. The molecule has 4 nitrogen and oxygen atoms in total. The molecule has 1 amide bonds. The highest BCUT2D eigenvalue weighted by atomic mass is 79.9. The summed E-state index contributed by atoms with van der Waals surface area (Å²) in [6, 6.07) is 5.51. The number of aromatic nitrogens is 1. The summed E-state index contributed by atoms with van der Waals surface area (Å²) in [7, 11) is 1.67. The van der Waals surface area contributed by atoms with E-state index >= 15 is 0 Å². The average Bonchev–Trinajstić information content (AvgIpc) is 2.28. The third-order valence-electron chi connectivity index (χ3n) is 2.06. The molecule has 0 saturated heterocycles. The van der Waals surface area contributed by atoms with Crippen molar-refractivity contribution in [3.63, 3.8) is 0 Å². The molecule has 0 spiro atoms. The molecule has 0 saturated carbocycles. The SMILES string of the molecule is CC(C#N)CN(C)C(=O)c1ccc(Br)cn1. The van der Waals surface area contributed by atoms with E-state index in [0.717, 1.165) is 4.47 Å². The molecule has 0 bridgehead atoms. The van der Waals surface area contributed by atoms with Crippen LogP contribution in [0.4, 0.5) is 0 Å². The van der Waals surface area contributed by atoms with Gasteiger partial charge in [-0.15, -0.1) is 0 Å². The summed E-state index contributed by atoms with van der Waals surface area (Å²) in [6.45, 7) is 2.19. The van der Waals surface area contributed by atoms with Crippen LogP contribution in [0.1, 0.15) is 17.4 Å². The fraction of sp³-hybridized carbons (Fsp3) is 0.364. The van der Waals surface area contributed by atoms with Crippen molar-refractivity contribution in [2.24, 2.45) is 5.92 Å². The van der Waals surface area contributed by atoms with Gasteiger partial charge in [0.1, 0.15) is 5.69 Å². The lowest BCUT2D eigenvalue weighted by Crippen LogP contribution is -2.31. The molecule has 5 heteroatoms. The normalized spacial score (nSPS) is 11.6. The van der Waals surface area contributed by atoms with Gasteiger partial charge in [0.25, 0.3) is 5.91 Å². The molecule has 0 aromatic carbocycles.